The number of nitrogens with one attached hydrogen (secondary N) is 3. The summed E-state index contributed by atoms with van der Waals surface area (Å²) in [5.74, 6) is -0.735. The fourth-order valence-electron chi connectivity index (χ4n) is 3.17. The van der Waals surface area contributed by atoms with Crippen LogP contribution in [0, 0.1) is 5.82 Å². The van der Waals surface area contributed by atoms with Crippen molar-refractivity contribution in [1.29, 1.82) is 0 Å². The molecule has 1 unspecified atom stereocenters. The minimum absolute atomic E-state index is 0.00566. The van der Waals surface area contributed by atoms with Gasteiger partial charge in [-0.3, -0.25) is 9.62 Å². The van der Waals surface area contributed by atoms with Crippen LogP contribution in [0.15, 0.2) is 41.3 Å². The number of hydrogen-bond acceptors (Lipinski definition) is 6. The van der Waals surface area contributed by atoms with Crippen molar-refractivity contribution in [2.75, 3.05) is 22.7 Å². The van der Waals surface area contributed by atoms with Crippen LogP contribution in [0.2, 0.25) is 5.02 Å². The fourth-order valence-corrected chi connectivity index (χ4v) is 6.05. The van der Waals surface area contributed by atoms with Gasteiger partial charge in [0, 0.05) is 11.7 Å². The topological polar surface area (TPSA) is 154 Å². The first-order chi connectivity index (χ1) is 15.8. The number of nitrogens with zero attached hydrogens (tertiary/aromatic N) is 1. The van der Waals surface area contributed by atoms with Gasteiger partial charge in [-0.15, -0.1) is 0 Å². The lowest BCUT2D eigenvalue weighted by molar-refractivity contribution is 0.203. The number of amides is 1. The van der Waals surface area contributed by atoms with E-state index in [0.717, 1.165) is 22.5 Å². The summed E-state index contributed by atoms with van der Waals surface area (Å²) in [6.45, 7) is 2.67. The summed E-state index contributed by atoms with van der Waals surface area (Å²) >= 11 is 5.77. The average molecular weight is 537 g/mol. The Morgan fingerprint density at radius 1 is 1.24 bits per heavy atom. The van der Waals surface area contributed by atoms with Crippen LogP contribution in [0.4, 0.5) is 20.6 Å². The van der Waals surface area contributed by atoms with E-state index in [0.29, 0.717) is 0 Å². The number of halogens is 2. The highest BCUT2D eigenvalue weighted by Gasteiger charge is 2.35. The van der Waals surface area contributed by atoms with Crippen molar-refractivity contribution >= 4 is 49.3 Å². The number of ether oxygens (including phenoxy) is 1. The second-order valence-corrected chi connectivity index (χ2v) is 11.4. The number of carboxylic acid groups (broad SMARTS) is 1. The van der Waals surface area contributed by atoms with Crippen LogP contribution >= 0.6 is 11.6 Å². The van der Waals surface area contributed by atoms with E-state index in [2.05, 4.69) is 14.8 Å². The molecule has 34 heavy (non-hydrogen) atoms. The molecule has 3 rings (SSSR count). The fraction of sp³-hybridized carbons (Fsp3) is 0.316. The summed E-state index contributed by atoms with van der Waals surface area (Å²) in [7, 11) is -8.21. The molecule has 0 aromatic heterocycles. The highest BCUT2D eigenvalue weighted by Crippen LogP contribution is 2.39. The normalized spacial score (nSPS) is 16.1. The number of hydrogen-bond donors (Lipinski definition) is 4. The Morgan fingerprint density at radius 2 is 1.94 bits per heavy atom. The van der Waals surface area contributed by atoms with Gasteiger partial charge in [0.25, 0.3) is 20.2 Å². The molecule has 1 aliphatic rings. The van der Waals surface area contributed by atoms with Crippen LogP contribution in [0.3, 0.4) is 0 Å². The van der Waals surface area contributed by atoms with Crippen molar-refractivity contribution in [1.82, 2.24) is 9.44 Å². The Morgan fingerprint density at radius 3 is 2.56 bits per heavy atom. The number of rotatable bonds is 8. The molecule has 4 N–H and O–H groups in total. The van der Waals surface area contributed by atoms with E-state index < -0.39 is 43.3 Å². The van der Waals surface area contributed by atoms with Crippen molar-refractivity contribution in [2.24, 2.45) is 0 Å². The smallest absolute Gasteiger partial charge is 0.409 e. The zero-order valence-corrected chi connectivity index (χ0v) is 20.3. The third kappa shape index (κ3) is 6.07. The van der Waals surface area contributed by atoms with E-state index >= 15 is 0 Å². The molecule has 0 radical (unpaired) electrons. The number of anilines is 2. The van der Waals surface area contributed by atoms with E-state index in [1.54, 1.807) is 13.8 Å². The predicted octanol–water partition coefficient (Wildman–Crippen LogP) is 2.36. The Kier molecular flexibility index (Phi) is 7.57. The molecule has 2 aromatic rings. The number of benzene rings is 2. The molecule has 186 valence electrons. The minimum atomic E-state index is -4.33. The SMILES string of the molecule is CC(C)NS(=O)(=O)NCC1CN(S(=O)(=O)c2ccc(F)c(Cl)c2)c2cc(NC(=O)O)ccc2O1. The van der Waals surface area contributed by atoms with Crippen molar-refractivity contribution in [3.8, 4) is 5.75 Å². The molecule has 1 amide bonds. The molecule has 15 heteroatoms. The Balaban J connectivity index is 1.99. The second-order valence-electron chi connectivity index (χ2n) is 7.59. The lowest BCUT2D eigenvalue weighted by Crippen LogP contribution is -2.50. The lowest BCUT2D eigenvalue weighted by Gasteiger charge is -2.35. The molecule has 0 fully saturated rings. The Bertz CT molecular complexity index is 1310. The van der Waals surface area contributed by atoms with Gasteiger partial charge in [-0.2, -0.15) is 17.9 Å². The molecule has 0 aliphatic carbocycles. The summed E-state index contributed by atoms with van der Waals surface area (Å²) in [6.07, 6.45) is -2.30. The van der Waals surface area contributed by atoms with Crippen molar-refractivity contribution in [2.45, 2.75) is 30.9 Å². The molecule has 0 saturated heterocycles. The summed E-state index contributed by atoms with van der Waals surface area (Å²) in [5, 5.41) is 10.7. The maximum Gasteiger partial charge on any atom is 0.409 e. The number of sulfonamides is 1. The van der Waals surface area contributed by atoms with Gasteiger partial charge in [0.05, 0.1) is 28.7 Å². The molecule has 1 aliphatic heterocycles. The van der Waals surface area contributed by atoms with Crippen LogP contribution in [0.25, 0.3) is 0 Å². The van der Waals surface area contributed by atoms with Crippen molar-refractivity contribution < 1.29 is 35.9 Å². The van der Waals surface area contributed by atoms with Gasteiger partial charge in [-0.05, 0) is 50.2 Å². The van der Waals surface area contributed by atoms with E-state index in [1.807, 2.05) is 0 Å². The molecule has 0 spiro atoms. The van der Waals surface area contributed by atoms with Crippen LogP contribution in [0.5, 0.6) is 5.75 Å². The van der Waals surface area contributed by atoms with Gasteiger partial charge in [-0.1, -0.05) is 11.6 Å². The second kappa shape index (κ2) is 9.92. The van der Waals surface area contributed by atoms with Crippen LogP contribution < -0.4 is 23.8 Å². The standard InChI is InChI=1S/C19H22ClFN4O7S2/c1-11(2)24-34(30,31)22-9-13-10-25(33(28,29)14-4-5-16(21)15(20)8-14)17-7-12(23-19(26)27)3-6-18(17)32-13/h3-8,11,13,22-24H,9-10H2,1-2H3,(H,26,27). The quantitative estimate of drug-likeness (QED) is 0.403. The zero-order chi connectivity index (χ0) is 25.3. The molecule has 0 bridgehead atoms. The summed E-state index contributed by atoms with van der Waals surface area (Å²) < 4.78 is 76.1. The highest BCUT2D eigenvalue weighted by atomic mass is 35.5. The molecule has 2 aromatic carbocycles. The van der Waals surface area contributed by atoms with E-state index in [9.17, 15) is 26.0 Å². The highest BCUT2D eigenvalue weighted by molar-refractivity contribution is 7.92. The predicted molar refractivity (Wildman–Crippen MR) is 124 cm³/mol. The van der Waals surface area contributed by atoms with Crippen molar-refractivity contribution in [3.63, 3.8) is 0 Å². The molecular formula is C19H22ClFN4O7S2. The number of carbonyl (C=O) groups is 1. The maximum atomic E-state index is 13.6. The monoisotopic (exact) mass is 536 g/mol. The van der Waals surface area contributed by atoms with E-state index in [4.69, 9.17) is 21.4 Å². The largest absolute Gasteiger partial charge is 0.485 e. The van der Waals surface area contributed by atoms with Gasteiger partial charge >= 0.3 is 6.09 Å². The summed E-state index contributed by atoms with van der Waals surface area (Å²) in [5.41, 5.74) is 0.0820. The molecule has 11 nitrogen and oxygen atoms in total. The van der Waals surface area contributed by atoms with Crippen LogP contribution in [0.1, 0.15) is 13.8 Å². The van der Waals surface area contributed by atoms with Gasteiger partial charge in [0.2, 0.25) is 0 Å². The molecule has 1 atom stereocenters. The minimum Gasteiger partial charge on any atom is -0.485 e. The Labute approximate surface area is 201 Å². The Hall–Kier alpha value is -2.65. The summed E-state index contributed by atoms with van der Waals surface area (Å²) in [6, 6.07) is 6.49. The maximum absolute atomic E-state index is 13.6. The lowest BCUT2D eigenvalue weighted by atomic mass is 10.2. The summed E-state index contributed by atoms with van der Waals surface area (Å²) in [4.78, 5) is 10.7. The first-order valence-corrected chi connectivity index (χ1v) is 13.1. The first kappa shape index (κ1) is 26.0. The first-order valence-electron chi connectivity index (χ1n) is 9.84. The average Bonchev–Trinajstić information content (AvgIpc) is 2.72. The van der Waals surface area contributed by atoms with E-state index in [-0.39, 0.29) is 41.2 Å². The molecule has 1 heterocycles. The zero-order valence-electron chi connectivity index (χ0n) is 17.9. The van der Waals surface area contributed by atoms with Crippen LogP contribution in [-0.2, 0) is 20.2 Å². The molecule has 0 saturated carbocycles. The third-order valence-corrected chi connectivity index (χ3v) is 7.91. The third-order valence-electron chi connectivity index (χ3n) is 4.51. The van der Waals surface area contributed by atoms with Gasteiger partial charge in [0.1, 0.15) is 17.7 Å². The van der Waals surface area contributed by atoms with Crippen molar-refractivity contribution in [3.05, 3.63) is 47.2 Å². The van der Waals surface area contributed by atoms with Gasteiger partial charge < -0.3 is 9.84 Å². The molecular weight excluding hydrogens is 515 g/mol. The van der Waals surface area contributed by atoms with E-state index in [1.165, 1.54) is 18.2 Å². The number of fused-ring (bicyclic) bond motifs is 1. The van der Waals surface area contributed by atoms with Gasteiger partial charge in [0.15, 0.2) is 0 Å². The van der Waals surface area contributed by atoms with Crippen LogP contribution in [-0.4, -0.2) is 53.3 Å². The van der Waals surface area contributed by atoms with Gasteiger partial charge in [-0.25, -0.2) is 17.6 Å².